The number of halogens is 1. The monoisotopic (exact) mass is 232 g/mol. The van der Waals surface area contributed by atoms with Gasteiger partial charge >= 0.3 is 0 Å². The van der Waals surface area contributed by atoms with E-state index >= 15 is 0 Å². The van der Waals surface area contributed by atoms with E-state index in [0.29, 0.717) is 22.8 Å². The number of rotatable bonds is 3. The Morgan fingerprint density at radius 1 is 1.64 bits per heavy atom. The maximum atomic E-state index is 5.74. The molecule has 3 nitrogen and oxygen atoms in total. The summed E-state index contributed by atoms with van der Waals surface area (Å²) in [6.07, 6.45) is 3.69. The highest BCUT2D eigenvalue weighted by Gasteiger charge is 2.28. The van der Waals surface area contributed by atoms with Crippen LogP contribution in [-0.2, 0) is 0 Å². The lowest BCUT2D eigenvalue weighted by atomic mass is 10.1. The van der Waals surface area contributed by atoms with Crippen molar-refractivity contribution in [2.24, 2.45) is 11.7 Å². The van der Waals surface area contributed by atoms with E-state index in [4.69, 9.17) is 22.1 Å². The second-order valence-corrected chi connectivity index (χ2v) is 4.73. The SMILES string of the molecule is NCC1CCCC1Oc1nc(Cl)cs1. The van der Waals surface area contributed by atoms with Crippen molar-refractivity contribution < 1.29 is 4.74 Å². The first-order chi connectivity index (χ1) is 6.79. The first-order valence-electron chi connectivity index (χ1n) is 4.77. The number of aromatic nitrogens is 1. The lowest BCUT2D eigenvalue weighted by Gasteiger charge is -2.17. The molecule has 1 heterocycles. The molecule has 0 aromatic carbocycles. The Morgan fingerprint density at radius 3 is 3.14 bits per heavy atom. The molecule has 78 valence electrons. The molecule has 0 aliphatic heterocycles. The van der Waals surface area contributed by atoms with Crippen molar-refractivity contribution >= 4 is 22.9 Å². The molecule has 0 saturated heterocycles. The third-order valence-corrected chi connectivity index (χ3v) is 3.65. The van der Waals surface area contributed by atoms with Gasteiger partial charge in [-0.15, -0.1) is 0 Å². The second-order valence-electron chi connectivity index (χ2n) is 3.52. The maximum Gasteiger partial charge on any atom is 0.274 e. The standard InChI is InChI=1S/C9H13ClN2OS/c10-8-5-14-9(12-8)13-7-3-1-2-6(7)4-11/h5-7H,1-4,11H2. The van der Waals surface area contributed by atoms with E-state index in [1.165, 1.54) is 24.2 Å². The molecule has 1 aliphatic carbocycles. The molecule has 1 aromatic rings. The van der Waals surface area contributed by atoms with Gasteiger partial charge in [-0.05, 0) is 25.8 Å². The lowest BCUT2D eigenvalue weighted by molar-refractivity contribution is 0.162. The smallest absolute Gasteiger partial charge is 0.274 e. The predicted molar refractivity (Wildman–Crippen MR) is 57.9 cm³/mol. The molecule has 0 radical (unpaired) electrons. The zero-order valence-electron chi connectivity index (χ0n) is 7.78. The number of nitrogens with two attached hydrogens (primary N) is 1. The quantitative estimate of drug-likeness (QED) is 0.870. The van der Waals surface area contributed by atoms with E-state index < -0.39 is 0 Å². The molecule has 2 unspecified atom stereocenters. The van der Waals surface area contributed by atoms with Crippen LogP contribution in [0.5, 0.6) is 5.19 Å². The minimum absolute atomic E-state index is 0.238. The number of thiazole rings is 1. The third kappa shape index (κ3) is 2.19. The maximum absolute atomic E-state index is 5.74. The first kappa shape index (κ1) is 10.2. The average molecular weight is 233 g/mol. The molecule has 2 N–H and O–H groups in total. The van der Waals surface area contributed by atoms with E-state index in [1.54, 1.807) is 5.38 Å². The predicted octanol–water partition coefficient (Wildman–Crippen LogP) is 2.30. The lowest BCUT2D eigenvalue weighted by Crippen LogP contribution is -2.27. The molecular weight excluding hydrogens is 220 g/mol. The molecule has 0 bridgehead atoms. The van der Waals surface area contributed by atoms with Crippen LogP contribution >= 0.6 is 22.9 Å². The average Bonchev–Trinajstić information content (AvgIpc) is 2.76. The van der Waals surface area contributed by atoms with Crippen LogP contribution < -0.4 is 10.5 Å². The van der Waals surface area contributed by atoms with Gasteiger partial charge in [-0.1, -0.05) is 22.9 Å². The van der Waals surface area contributed by atoms with Gasteiger partial charge in [0.05, 0.1) is 0 Å². The third-order valence-electron chi connectivity index (χ3n) is 2.60. The summed E-state index contributed by atoms with van der Waals surface area (Å²) in [4.78, 5) is 4.06. The summed E-state index contributed by atoms with van der Waals surface area (Å²) in [5.41, 5.74) is 5.66. The van der Waals surface area contributed by atoms with Crippen LogP contribution in [-0.4, -0.2) is 17.6 Å². The van der Waals surface area contributed by atoms with Crippen molar-refractivity contribution in [1.29, 1.82) is 0 Å². The fourth-order valence-corrected chi connectivity index (χ4v) is 2.69. The van der Waals surface area contributed by atoms with Gasteiger partial charge < -0.3 is 10.5 Å². The molecular formula is C9H13ClN2OS. The largest absolute Gasteiger partial charge is 0.466 e. The van der Waals surface area contributed by atoms with E-state index in [0.717, 1.165) is 6.42 Å². The number of hydrogen-bond acceptors (Lipinski definition) is 4. The van der Waals surface area contributed by atoms with Gasteiger partial charge in [0, 0.05) is 11.3 Å². The summed E-state index contributed by atoms with van der Waals surface area (Å²) >= 11 is 7.15. The van der Waals surface area contributed by atoms with Crippen LogP contribution in [0.4, 0.5) is 0 Å². The minimum atomic E-state index is 0.238. The number of ether oxygens (including phenoxy) is 1. The summed E-state index contributed by atoms with van der Waals surface area (Å²) in [5.74, 6) is 0.484. The Balaban J connectivity index is 1.96. The highest BCUT2D eigenvalue weighted by molar-refractivity contribution is 7.11. The van der Waals surface area contributed by atoms with Gasteiger partial charge in [0.15, 0.2) is 0 Å². The van der Waals surface area contributed by atoms with Gasteiger partial charge in [-0.25, -0.2) is 0 Å². The van der Waals surface area contributed by atoms with Crippen molar-refractivity contribution in [3.8, 4) is 5.19 Å². The van der Waals surface area contributed by atoms with Crippen molar-refractivity contribution in [2.45, 2.75) is 25.4 Å². The molecule has 1 saturated carbocycles. The van der Waals surface area contributed by atoms with Gasteiger partial charge in [0.25, 0.3) is 5.19 Å². The molecule has 14 heavy (non-hydrogen) atoms. The minimum Gasteiger partial charge on any atom is -0.466 e. The topological polar surface area (TPSA) is 48.1 Å². The first-order valence-corrected chi connectivity index (χ1v) is 6.03. The molecule has 2 atom stereocenters. The van der Waals surface area contributed by atoms with Crippen LogP contribution in [0.1, 0.15) is 19.3 Å². The fourth-order valence-electron chi connectivity index (χ4n) is 1.85. The number of nitrogens with zero attached hydrogens (tertiary/aromatic N) is 1. The van der Waals surface area contributed by atoms with Crippen LogP contribution in [0.3, 0.4) is 0 Å². The van der Waals surface area contributed by atoms with Crippen LogP contribution in [0, 0.1) is 5.92 Å². The highest BCUT2D eigenvalue weighted by Crippen LogP contribution is 2.31. The van der Waals surface area contributed by atoms with Crippen molar-refractivity contribution in [3.05, 3.63) is 10.5 Å². The van der Waals surface area contributed by atoms with Crippen molar-refractivity contribution in [2.75, 3.05) is 6.54 Å². The molecule has 0 spiro atoms. The van der Waals surface area contributed by atoms with Gasteiger partial charge in [-0.3, -0.25) is 0 Å². The van der Waals surface area contributed by atoms with E-state index in [2.05, 4.69) is 4.98 Å². The van der Waals surface area contributed by atoms with Crippen molar-refractivity contribution in [1.82, 2.24) is 4.98 Å². The molecule has 1 aliphatic rings. The summed E-state index contributed by atoms with van der Waals surface area (Å²) in [6.45, 7) is 0.698. The van der Waals surface area contributed by atoms with Crippen LogP contribution in [0.15, 0.2) is 5.38 Å². The number of hydrogen-bond donors (Lipinski definition) is 1. The van der Waals surface area contributed by atoms with Crippen LogP contribution in [0.25, 0.3) is 0 Å². The molecule has 2 rings (SSSR count). The van der Waals surface area contributed by atoms with Gasteiger partial charge in [0.2, 0.25) is 0 Å². The highest BCUT2D eigenvalue weighted by atomic mass is 35.5. The normalized spacial score (nSPS) is 26.7. The molecule has 5 heteroatoms. The van der Waals surface area contributed by atoms with Gasteiger partial charge in [0.1, 0.15) is 11.3 Å². The van der Waals surface area contributed by atoms with Crippen LogP contribution in [0.2, 0.25) is 5.15 Å². The van der Waals surface area contributed by atoms with E-state index in [9.17, 15) is 0 Å². The fraction of sp³-hybridized carbons (Fsp3) is 0.667. The molecule has 1 fully saturated rings. The summed E-state index contributed by atoms with van der Waals surface area (Å²) in [7, 11) is 0. The molecule has 0 amide bonds. The second kappa shape index (κ2) is 4.47. The van der Waals surface area contributed by atoms with Crippen molar-refractivity contribution in [3.63, 3.8) is 0 Å². The Morgan fingerprint density at radius 2 is 2.50 bits per heavy atom. The zero-order valence-corrected chi connectivity index (χ0v) is 9.35. The Labute approximate surface area is 92.2 Å². The summed E-state index contributed by atoms with van der Waals surface area (Å²) < 4.78 is 5.74. The van der Waals surface area contributed by atoms with Gasteiger partial charge in [-0.2, -0.15) is 4.98 Å². The Bertz CT molecular complexity index is 305. The van der Waals surface area contributed by atoms with E-state index in [-0.39, 0.29) is 6.10 Å². The zero-order chi connectivity index (χ0) is 9.97. The van der Waals surface area contributed by atoms with E-state index in [1.807, 2.05) is 0 Å². The molecule has 1 aromatic heterocycles. The summed E-state index contributed by atoms with van der Waals surface area (Å²) in [6, 6.07) is 0. The Kier molecular flexibility index (Phi) is 3.26. The summed E-state index contributed by atoms with van der Waals surface area (Å²) in [5, 5.41) is 2.95. The Hall–Kier alpha value is -0.320.